The molecule has 0 unspecified atom stereocenters. The van der Waals surface area contributed by atoms with Crippen molar-refractivity contribution >= 4 is 5.91 Å². The van der Waals surface area contributed by atoms with E-state index in [9.17, 15) is 9.18 Å². The fraction of sp³-hybridized carbons (Fsp3) is 0.562. The number of methoxy groups -OCH3 is 2. The highest BCUT2D eigenvalue weighted by molar-refractivity contribution is 5.97. The first-order valence-corrected chi connectivity index (χ1v) is 14.6. The molecule has 2 spiro atoms. The van der Waals surface area contributed by atoms with Gasteiger partial charge in [-0.25, -0.2) is 4.39 Å². The summed E-state index contributed by atoms with van der Waals surface area (Å²) in [6.07, 6.45) is 9.70. The summed E-state index contributed by atoms with van der Waals surface area (Å²) in [6, 6.07) is 7.51. The maximum absolute atomic E-state index is 14.5. The second-order valence-corrected chi connectivity index (χ2v) is 12.8. The van der Waals surface area contributed by atoms with Crippen LogP contribution < -0.4 is 9.47 Å². The molecular formula is C32H36FN3O4. The van der Waals surface area contributed by atoms with Crippen LogP contribution in [0.25, 0.3) is 0 Å². The highest BCUT2D eigenvalue weighted by Gasteiger charge is 2.79. The van der Waals surface area contributed by atoms with Crippen LogP contribution in [0.5, 0.6) is 11.5 Å². The monoisotopic (exact) mass is 545 g/mol. The van der Waals surface area contributed by atoms with Crippen molar-refractivity contribution < 1.29 is 23.4 Å². The highest BCUT2D eigenvalue weighted by atomic mass is 19.1. The van der Waals surface area contributed by atoms with Gasteiger partial charge in [0.05, 0.1) is 24.8 Å². The molecule has 1 amide bonds. The van der Waals surface area contributed by atoms with E-state index in [1.54, 1.807) is 38.4 Å². The molecule has 40 heavy (non-hydrogen) atoms. The highest BCUT2D eigenvalue weighted by Crippen LogP contribution is 2.75. The van der Waals surface area contributed by atoms with Crippen molar-refractivity contribution in [3.05, 3.63) is 64.7 Å². The fourth-order valence-corrected chi connectivity index (χ4v) is 9.28. The Morgan fingerprint density at radius 2 is 2.08 bits per heavy atom. The summed E-state index contributed by atoms with van der Waals surface area (Å²) >= 11 is 0. The SMILES string of the molecule is COc1ccc2c3c1O[C@@H]1[C@]34CCN(CC3CC3)[C@H](C2)[C@@]42C=C(C(=O)N(C)Cc3ncccc3F)[C@]1(OC)CC2. The summed E-state index contributed by atoms with van der Waals surface area (Å²) in [7, 11) is 5.13. The molecule has 4 bridgehead atoms. The van der Waals surface area contributed by atoms with Gasteiger partial charge in [0.15, 0.2) is 11.5 Å². The summed E-state index contributed by atoms with van der Waals surface area (Å²) in [6.45, 7) is 2.23. The van der Waals surface area contributed by atoms with Crippen molar-refractivity contribution in [2.45, 2.75) is 68.2 Å². The Kier molecular flexibility index (Phi) is 5.14. The van der Waals surface area contributed by atoms with Gasteiger partial charge in [0, 0.05) is 49.5 Å². The van der Waals surface area contributed by atoms with Crippen molar-refractivity contribution in [2.75, 3.05) is 34.4 Å². The van der Waals surface area contributed by atoms with E-state index in [1.807, 2.05) is 6.07 Å². The normalized spacial score (nSPS) is 34.6. The lowest BCUT2D eigenvalue weighted by molar-refractivity contribution is -0.198. The zero-order valence-electron chi connectivity index (χ0n) is 23.4. The topological polar surface area (TPSA) is 64.1 Å². The number of hydrogen-bond acceptors (Lipinski definition) is 6. The van der Waals surface area contributed by atoms with Crippen LogP contribution in [0.2, 0.25) is 0 Å². The molecule has 1 aromatic carbocycles. The van der Waals surface area contributed by atoms with E-state index < -0.39 is 11.4 Å². The molecule has 0 radical (unpaired) electrons. The van der Waals surface area contributed by atoms with Crippen LogP contribution in [0.15, 0.2) is 42.1 Å². The van der Waals surface area contributed by atoms with Crippen LogP contribution in [0.4, 0.5) is 4.39 Å². The van der Waals surface area contributed by atoms with Crippen molar-refractivity contribution in [3.8, 4) is 11.5 Å². The van der Waals surface area contributed by atoms with E-state index in [-0.39, 0.29) is 41.1 Å². The van der Waals surface area contributed by atoms with Gasteiger partial charge in [-0.2, -0.15) is 0 Å². The van der Waals surface area contributed by atoms with E-state index >= 15 is 0 Å². The Morgan fingerprint density at radius 1 is 1.23 bits per heavy atom. The number of fused-ring (bicyclic) bond motifs is 1. The number of likely N-dealkylation sites (tertiary alicyclic amines) is 1. The van der Waals surface area contributed by atoms with E-state index in [4.69, 9.17) is 14.2 Å². The van der Waals surface area contributed by atoms with Crippen molar-refractivity contribution in [3.63, 3.8) is 0 Å². The molecule has 2 aliphatic heterocycles. The predicted molar refractivity (Wildman–Crippen MR) is 146 cm³/mol. The van der Waals surface area contributed by atoms with E-state index in [1.165, 1.54) is 30.0 Å². The molecular weight excluding hydrogens is 509 g/mol. The molecule has 210 valence electrons. The average Bonchev–Trinajstić information content (AvgIpc) is 3.71. The molecule has 2 saturated carbocycles. The zero-order valence-corrected chi connectivity index (χ0v) is 23.4. The van der Waals surface area contributed by atoms with Gasteiger partial charge < -0.3 is 19.1 Å². The fourth-order valence-electron chi connectivity index (χ4n) is 9.28. The van der Waals surface area contributed by atoms with Gasteiger partial charge in [-0.1, -0.05) is 12.1 Å². The summed E-state index contributed by atoms with van der Waals surface area (Å²) in [5, 5.41) is 0. The van der Waals surface area contributed by atoms with Crippen LogP contribution in [0, 0.1) is 17.2 Å². The van der Waals surface area contributed by atoms with Gasteiger partial charge in [0.2, 0.25) is 0 Å². The Hall–Kier alpha value is -2.97. The summed E-state index contributed by atoms with van der Waals surface area (Å²) in [5.41, 5.74) is 2.09. The third-order valence-electron chi connectivity index (χ3n) is 11.2. The van der Waals surface area contributed by atoms with Gasteiger partial charge >= 0.3 is 0 Å². The molecule has 7 aliphatic rings. The number of carbonyl (C=O) groups is 1. The Balaban J connectivity index is 1.29. The molecule has 8 heteroatoms. The number of piperidine rings is 1. The van der Waals surface area contributed by atoms with E-state index in [2.05, 4.69) is 22.0 Å². The molecule has 7 nitrogen and oxygen atoms in total. The number of hydrogen-bond donors (Lipinski definition) is 0. The number of carbonyl (C=O) groups excluding carboxylic acids is 1. The van der Waals surface area contributed by atoms with E-state index in [0.29, 0.717) is 12.0 Å². The van der Waals surface area contributed by atoms with Crippen LogP contribution in [0.3, 0.4) is 0 Å². The van der Waals surface area contributed by atoms with Crippen LogP contribution in [0.1, 0.15) is 48.9 Å². The first-order valence-electron chi connectivity index (χ1n) is 14.6. The lowest BCUT2D eigenvalue weighted by atomic mass is 9.37. The molecule has 9 rings (SSSR count). The summed E-state index contributed by atoms with van der Waals surface area (Å²) in [4.78, 5) is 22.8. The van der Waals surface area contributed by atoms with Crippen LogP contribution in [-0.4, -0.2) is 72.8 Å². The van der Waals surface area contributed by atoms with Crippen LogP contribution >= 0.6 is 0 Å². The molecule has 2 aromatic rings. The van der Waals surface area contributed by atoms with Gasteiger partial charge in [0.1, 0.15) is 17.5 Å². The molecule has 1 saturated heterocycles. The number of rotatable bonds is 7. The average molecular weight is 546 g/mol. The molecule has 5 aliphatic carbocycles. The standard InChI is InChI=1S/C32H36FN3O4/c1-35(18-23-22(33)5-4-13-34-23)28(37)21-16-30-10-11-32(21,39-3)29-31(30)12-14-36(17-19-6-7-19)25(30)15-20-8-9-24(38-2)27(40-29)26(20)31/h4-5,8-9,13,16,19,25,29H,6-7,10-12,14-15,17-18H2,1-3H3/t25-,29-,30-,31+,32-/m1/s1. The quantitative estimate of drug-likeness (QED) is 0.524. The van der Waals surface area contributed by atoms with Gasteiger partial charge in [0.25, 0.3) is 5.91 Å². The number of halogens is 1. The predicted octanol–water partition coefficient (Wildman–Crippen LogP) is 4.03. The number of aromatic nitrogens is 1. The van der Waals surface area contributed by atoms with Crippen LogP contribution in [-0.2, 0) is 27.9 Å². The number of pyridine rings is 1. The van der Waals surface area contributed by atoms with Crippen molar-refractivity contribution in [1.29, 1.82) is 0 Å². The number of nitrogens with zero attached hydrogens (tertiary/aromatic N) is 3. The maximum atomic E-state index is 14.5. The Morgan fingerprint density at radius 3 is 2.83 bits per heavy atom. The third kappa shape index (κ3) is 2.91. The largest absolute Gasteiger partial charge is 0.493 e. The number of likely N-dealkylation sites (N-methyl/N-ethyl adjacent to an activating group) is 1. The Labute approximate surface area is 234 Å². The number of amides is 1. The molecule has 3 fully saturated rings. The van der Waals surface area contributed by atoms with Gasteiger partial charge in [-0.3, -0.25) is 14.7 Å². The van der Waals surface area contributed by atoms with Crippen molar-refractivity contribution in [1.82, 2.24) is 14.8 Å². The second kappa shape index (κ2) is 8.29. The Bertz CT molecular complexity index is 1460. The molecule has 3 heterocycles. The third-order valence-corrected chi connectivity index (χ3v) is 11.2. The first kappa shape index (κ1) is 24.8. The van der Waals surface area contributed by atoms with Gasteiger partial charge in [-0.05, 0) is 74.8 Å². The summed E-state index contributed by atoms with van der Waals surface area (Å²) < 4.78 is 33.8. The lowest BCUT2D eigenvalue weighted by Gasteiger charge is -2.70. The molecule has 1 aromatic heterocycles. The molecule has 5 atom stereocenters. The summed E-state index contributed by atoms with van der Waals surface area (Å²) in [5.74, 6) is 1.80. The zero-order chi connectivity index (χ0) is 27.4. The second-order valence-electron chi connectivity index (χ2n) is 12.8. The first-order chi connectivity index (χ1) is 19.4. The minimum absolute atomic E-state index is 0.0851. The molecule has 0 N–H and O–H groups in total. The number of ether oxygens (including phenoxy) is 3. The lowest BCUT2D eigenvalue weighted by Crippen LogP contribution is -2.78. The minimum atomic E-state index is -0.905. The maximum Gasteiger partial charge on any atom is 0.252 e. The van der Waals surface area contributed by atoms with E-state index in [0.717, 1.165) is 49.8 Å². The minimum Gasteiger partial charge on any atom is -0.493 e. The van der Waals surface area contributed by atoms with Crippen molar-refractivity contribution in [2.24, 2.45) is 11.3 Å². The van der Waals surface area contributed by atoms with Gasteiger partial charge in [-0.15, -0.1) is 0 Å². The smallest absolute Gasteiger partial charge is 0.252 e. The number of benzene rings is 1.